The van der Waals surface area contributed by atoms with E-state index >= 15 is 0 Å². The Balaban J connectivity index is 2.27. The Morgan fingerprint density at radius 1 is 1.17 bits per heavy atom. The predicted molar refractivity (Wildman–Crippen MR) is 73.0 cm³/mol. The highest BCUT2D eigenvalue weighted by molar-refractivity contribution is 5.44. The molecule has 1 aliphatic rings. The Labute approximate surface area is 109 Å². The van der Waals surface area contributed by atoms with Crippen molar-refractivity contribution in [2.24, 2.45) is 17.1 Å². The molecule has 1 aliphatic heterocycles. The van der Waals surface area contributed by atoms with E-state index in [0.717, 1.165) is 17.1 Å². The lowest BCUT2D eigenvalue weighted by Crippen LogP contribution is -2.26. The summed E-state index contributed by atoms with van der Waals surface area (Å²) in [5, 5.41) is 0. The second-order valence-corrected chi connectivity index (χ2v) is 6.28. The zero-order valence-electron chi connectivity index (χ0n) is 11.7. The largest absolute Gasteiger partial charge is 0.489 e. The number of rotatable bonds is 1. The van der Waals surface area contributed by atoms with Gasteiger partial charge in [0.1, 0.15) is 0 Å². The van der Waals surface area contributed by atoms with Crippen molar-refractivity contribution in [1.82, 2.24) is 0 Å². The van der Waals surface area contributed by atoms with Gasteiger partial charge in [0, 0.05) is 12.0 Å². The van der Waals surface area contributed by atoms with Crippen LogP contribution in [0, 0.1) is 11.3 Å². The molecule has 2 unspecified atom stereocenters. The van der Waals surface area contributed by atoms with E-state index < -0.39 is 0 Å². The quantitative estimate of drug-likeness (QED) is 0.831. The van der Waals surface area contributed by atoms with Gasteiger partial charge in [0.2, 0.25) is 0 Å². The number of nitrogens with two attached hydrogens (primary N) is 1. The number of hydrogen-bond donors (Lipinski definition) is 1. The van der Waals surface area contributed by atoms with Gasteiger partial charge in [-0.15, -0.1) is 0 Å². The van der Waals surface area contributed by atoms with E-state index in [1.54, 1.807) is 0 Å². The third-order valence-corrected chi connectivity index (χ3v) is 3.31. The summed E-state index contributed by atoms with van der Waals surface area (Å²) in [4.78, 5) is 0. The van der Waals surface area contributed by atoms with Gasteiger partial charge in [-0.05, 0) is 23.1 Å². The second-order valence-electron chi connectivity index (χ2n) is 6.28. The zero-order valence-corrected chi connectivity index (χ0v) is 11.7. The van der Waals surface area contributed by atoms with Crippen molar-refractivity contribution in [3.63, 3.8) is 0 Å². The van der Waals surface area contributed by atoms with Crippen LogP contribution in [0.15, 0.2) is 18.2 Å². The molecule has 0 bridgehead atoms. The molecular formula is C15H23NO2. The van der Waals surface area contributed by atoms with Gasteiger partial charge in [-0.1, -0.05) is 33.8 Å². The van der Waals surface area contributed by atoms with Gasteiger partial charge in [0.05, 0.1) is 13.2 Å². The second kappa shape index (κ2) is 4.81. The third-order valence-electron chi connectivity index (χ3n) is 3.31. The lowest BCUT2D eigenvalue weighted by molar-refractivity contribution is 0.228. The summed E-state index contributed by atoms with van der Waals surface area (Å²) in [7, 11) is 0. The molecular weight excluding hydrogens is 226 g/mol. The summed E-state index contributed by atoms with van der Waals surface area (Å²) >= 11 is 0. The van der Waals surface area contributed by atoms with Crippen molar-refractivity contribution < 1.29 is 9.47 Å². The third kappa shape index (κ3) is 2.78. The number of ether oxygens (including phenoxy) is 2. The molecule has 0 aromatic heterocycles. The van der Waals surface area contributed by atoms with Crippen LogP contribution in [0.25, 0.3) is 0 Å². The normalized spacial score (nSPS) is 21.3. The van der Waals surface area contributed by atoms with E-state index in [9.17, 15) is 0 Å². The number of benzene rings is 1. The molecule has 0 spiro atoms. The van der Waals surface area contributed by atoms with Crippen LogP contribution in [-0.2, 0) is 0 Å². The molecule has 1 aromatic rings. The van der Waals surface area contributed by atoms with Crippen LogP contribution < -0.4 is 15.2 Å². The Bertz CT molecular complexity index is 423. The zero-order chi connectivity index (χ0) is 13.3. The fraction of sp³-hybridized carbons (Fsp3) is 0.600. The molecule has 3 heteroatoms. The number of fused-ring (bicyclic) bond motifs is 1. The molecule has 0 fully saturated rings. The van der Waals surface area contributed by atoms with E-state index in [1.165, 1.54) is 0 Å². The van der Waals surface area contributed by atoms with E-state index in [1.807, 2.05) is 18.2 Å². The van der Waals surface area contributed by atoms with Crippen molar-refractivity contribution in [3.8, 4) is 11.5 Å². The molecule has 2 atom stereocenters. The van der Waals surface area contributed by atoms with Crippen LogP contribution in [0.5, 0.6) is 11.5 Å². The maximum absolute atomic E-state index is 6.28. The molecule has 100 valence electrons. The lowest BCUT2D eigenvalue weighted by atomic mass is 9.83. The highest BCUT2D eigenvalue weighted by Gasteiger charge is 2.24. The van der Waals surface area contributed by atoms with Gasteiger partial charge >= 0.3 is 0 Å². The van der Waals surface area contributed by atoms with Crippen LogP contribution in [0.2, 0.25) is 0 Å². The smallest absolute Gasteiger partial charge is 0.161 e. The maximum Gasteiger partial charge on any atom is 0.161 e. The van der Waals surface area contributed by atoms with Crippen molar-refractivity contribution in [2.75, 3.05) is 13.2 Å². The first kappa shape index (κ1) is 13.2. The Hall–Kier alpha value is -1.22. The minimum Gasteiger partial charge on any atom is -0.489 e. The minimum absolute atomic E-state index is 0.00734. The average molecular weight is 249 g/mol. The first-order valence-electron chi connectivity index (χ1n) is 6.53. The molecule has 0 radical (unpaired) electrons. The summed E-state index contributed by atoms with van der Waals surface area (Å²) in [5.74, 6) is 2.05. The molecule has 0 aliphatic carbocycles. The molecule has 2 rings (SSSR count). The molecule has 0 saturated carbocycles. The van der Waals surface area contributed by atoms with Crippen LogP contribution in [0.1, 0.15) is 39.3 Å². The van der Waals surface area contributed by atoms with E-state index in [0.29, 0.717) is 19.1 Å². The molecule has 18 heavy (non-hydrogen) atoms. The Kier molecular flexibility index (Phi) is 3.53. The molecule has 1 aromatic carbocycles. The summed E-state index contributed by atoms with van der Waals surface area (Å²) in [6.45, 7) is 9.95. The fourth-order valence-corrected chi connectivity index (χ4v) is 1.96. The molecule has 0 saturated heterocycles. The lowest BCUT2D eigenvalue weighted by Gasteiger charge is -2.27. The average Bonchev–Trinajstić information content (AvgIpc) is 2.49. The first-order valence-corrected chi connectivity index (χ1v) is 6.53. The maximum atomic E-state index is 6.28. The van der Waals surface area contributed by atoms with E-state index in [4.69, 9.17) is 15.2 Å². The summed E-state index contributed by atoms with van der Waals surface area (Å²) in [6.07, 6.45) is 0. The van der Waals surface area contributed by atoms with Crippen molar-refractivity contribution in [3.05, 3.63) is 23.8 Å². The van der Waals surface area contributed by atoms with Crippen molar-refractivity contribution in [1.29, 1.82) is 0 Å². The SMILES string of the molecule is CC1COc2ccc(C(N)C(C)(C)C)cc2OC1. The molecule has 2 N–H and O–H groups in total. The predicted octanol–water partition coefficient (Wildman–Crippen LogP) is 3.14. The van der Waals surface area contributed by atoms with Crippen LogP contribution in [0.4, 0.5) is 0 Å². The van der Waals surface area contributed by atoms with Gasteiger partial charge in [-0.25, -0.2) is 0 Å². The number of hydrogen-bond acceptors (Lipinski definition) is 3. The van der Waals surface area contributed by atoms with Crippen molar-refractivity contribution in [2.45, 2.75) is 33.7 Å². The highest BCUT2D eigenvalue weighted by atomic mass is 16.5. The molecule has 3 nitrogen and oxygen atoms in total. The van der Waals surface area contributed by atoms with Crippen LogP contribution in [0.3, 0.4) is 0 Å². The van der Waals surface area contributed by atoms with Gasteiger partial charge in [0.25, 0.3) is 0 Å². The highest BCUT2D eigenvalue weighted by Crippen LogP contribution is 2.37. The monoisotopic (exact) mass is 249 g/mol. The molecule has 0 amide bonds. The van der Waals surface area contributed by atoms with E-state index in [-0.39, 0.29) is 11.5 Å². The summed E-state index contributed by atoms with van der Waals surface area (Å²) < 4.78 is 11.5. The van der Waals surface area contributed by atoms with Gasteiger partial charge in [-0.3, -0.25) is 0 Å². The van der Waals surface area contributed by atoms with Crippen molar-refractivity contribution >= 4 is 0 Å². The van der Waals surface area contributed by atoms with E-state index in [2.05, 4.69) is 27.7 Å². The van der Waals surface area contributed by atoms with Crippen LogP contribution >= 0.6 is 0 Å². The summed E-state index contributed by atoms with van der Waals surface area (Å²) in [6, 6.07) is 6.01. The van der Waals surface area contributed by atoms with Crippen LogP contribution in [-0.4, -0.2) is 13.2 Å². The topological polar surface area (TPSA) is 44.5 Å². The van der Waals surface area contributed by atoms with Gasteiger partial charge < -0.3 is 15.2 Å². The molecule has 1 heterocycles. The van der Waals surface area contributed by atoms with Gasteiger partial charge in [-0.2, -0.15) is 0 Å². The fourth-order valence-electron chi connectivity index (χ4n) is 1.96. The Morgan fingerprint density at radius 2 is 1.78 bits per heavy atom. The standard InChI is InChI=1S/C15H23NO2/c1-10-8-17-12-6-5-11(7-13(12)18-9-10)14(16)15(2,3)4/h5-7,10,14H,8-9,16H2,1-4H3. The summed E-state index contributed by atoms with van der Waals surface area (Å²) in [5.41, 5.74) is 7.41. The minimum atomic E-state index is -0.00734. The first-order chi connectivity index (χ1) is 8.38. The Morgan fingerprint density at radius 3 is 2.39 bits per heavy atom. The van der Waals surface area contributed by atoms with Gasteiger partial charge in [0.15, 0.2) is 11.5 Å².